The van der Waals surface area contributed by atoms with Crippen LogP contribution in [0.25, 0.3) is 0 Å². The van der Waals surface area contributed by atoms with E-state index in [1.165, 1.54) is 29.2 Å². The lowest BCUT2D eigenvalue weighted by atomic mass is 10.1. The van der Waals surface area contributed by atoms with Crippen molar-refractivity contribution in [3.8, 4) is 5.75 Å². The highest BCUT2D eigenvalue weighted by Crippen LogP contribution is 2.28. The Morgan fingerprint density at radius 3 is 2.19 bits per heavy atom. The first kappa shape index (κ1) is 26.4. The third-order valence-electron chi connectivity index (χ3n) is 5.60. The number of nitrogens with zero attached hydrogens (tertiary/aromatic N) is 2. The summed E-state index contributed by atoms with van der Waals surface area (Å²) in [7, 11) is 0. The molecule has 1 heterocycles. The quantitative estimate of drug-likeness (QED) is 0.363. The van der Waals surface area contributed by atoms with Gasteiger partial charge in [0, 0.05) is 17.3 Å². The lowest BCUT2D eigenvalue weighted by Gasteiger charge is -2.24. The molecule has 3 aromatic carbocycles. The Morgan fingerprint density at radius 2 is 1.57 bits per heavy atom. The number of ether oxygens (including phenoxy) is 1. The van der Waals surface area contributed by atoms with Crippen molar-refractivity contribution in [3.05, 3.63) is 95.0 Å². The molecule has 1 atom stereocenters. The molecule has 2 amide bonds. The molecule has 6 nitrogen and oxygen atoms in total. The summed E-state index contributed by atoms with van der Waals surface area (Å²) >= 11 is 11.5. The Labute approximate surface area is 221 Å². The molecule has 1 aliphatic heterocycles. The minimum atomic E-state index is -4.80. The number of nitrogens with one attached hydrogen (secondary N) is 1. The van der Waals surface area contributed by atoms with Gasteiger partial charge in [-0.05, 0) is 59.7 Å². The van der Waals surface area contributed by atoms with Gasteiger partial charge in [0.1, 0.15) is 11.8 Å². The van der Waals surface area contributed by atoms with Gasteiger partial charge >= 0.3 is 6.36 Å². The molecule has 1 saturated heterocycles. The molecule has 0 bridgehead atoms. The smallest absolute Gasteiger partial charge is 0.406 e. The number of anilines is 1. The van der Waals surface area contributed by atoms with Crippen LogP contribution in [0.3, 0.4) is 0 Å². The maximum absolute atomic E-state index is 13.4. The maximum atomic E-state index is 13.4. The van der Waals surface area contributed by atoms with Crippen molar-refractivity contribution in [2.45, 2.75) is 31.9 Å². The Balaban J connectivity index is 1.53. The van der Waals surface area contributed by atoms with Crippen molar-refractivity contribution in [3.63, 3.8) is 0 Å². The Kier molecular flexibility index (Phi) is 7.99. The molecule has 0 spiro atoms. The van der Waals surface area contributed by atoms with E-state index in [0.717, 1.165) is 5.56 Å². The van der Waals surface area contributed by atoms with Gasteiger partial charge in [-0.1, -0.05) is 54.1 Å². The van der Waals surface area contributed by atoms with Crippen LogP contribution >= 0.6 is 23.8 Å². The van der Waals surface area contributed by atoms with Crippen LogP contribution in [-0.2, 0) is 22.7 Å². The van der Waals surface area contributed by atoms with Crippen LogP contribution in [0.2, 0.25) is 5.02 Å². The summed E-state index contributed by atoms with van der Waals surface area (Å²) in [5.41, 5.74) is 1.97. The van der Waals surface area contributed by atoms with Crippen LogP contribution in [0.1, 0.15) is 17.5 Å². The summed E-state index contributed by atoms with van der Waals surface area (Å²) in [5.74, 6) is -1.10. The van der Waals surface area contributed by atoms with Crippen LogP contribution < -0.4 is 10.1 Å². The molecule has 1 fully saturated rings. The Hall–Kier alpha value is -3.63. The number of hydrogen-bond acceptors (Lipinski definition) is 4. The first-order valence-corrected chi connectivity index (χ1v) is 11.9. The number of benzene rings is 3. The lowest BCUT2D eigenvalue weighted by molar-refractivity contribution is -0.274. The van der Waals surface area contributed by atoms with Crippen molar-refractivity contribution in [1.29, 1.82) is 0 Å². The van der Waals surface area contributed by atoms with Crippen molar-refractivity contribution < 1.29 is 27.5 Å². The second-order valence-corrected chi connectivity index (χ2v) is 9.09. The Morgan fingerprint density at radius 1 is 0.946 bits per heavy atom. The molecule has 11 heteroatoms. The first-order valence-electron chi connectivity index (χ1n) is 11.1. The SMILES string of the molecule is O=C(C[C@H]1C(=O)N(Cc2ccccc2)C(=S)N1Cc1ccc(OC(F)(F)F)cc1)Nc1ccc(Cl)cc1. The fourth-order valence-electron chi connectivity index (χ4n) is 3.90. The van der Waals surface area contributed by atoms with Gasteiger partial charge in [0.15, 0.2) is 5.11 Å². The molecular weight excluding hydrogens is 527 g/mol. The van der Waals surface area contributed by atoms with Crippen molar-refractivity contribution in [2.75, 3.05) is 5.32 Å². The summed E-state index contributed by atoms with van der Waals surface area (Å²) in [6.45, 7) is 0.337. The number of rotatable bonds is 8. The molecule has 0 aliphatic carbocycles. The fourth-order valence-corrected chi connectivity index (χ4v) is 4.37. The topological polar surface area (TPSA) is 61.9 Å². The highest BCUT2D eigenvalue weighted by atomic mass is 35.5. The predicted molar refractivity (Wildman–Crippen MR) is 137 cm³/mol. The average Bonchev–Trinajstić information content (AvgIpc) is 3.05. The molecule has 1 aliphatic rings. The van der Waals surface area contributed by atoms with E-state index in [2.05, 4.69) is 10.1 Å². The molecule has 1 N–H and O–H groups in total. The van der Waals surface area contributed by atoms with E-state index in [4.69, 9.17) is 23.8 Å². The van der Waals surface area contributed by atoms with Gasteiger partial charge in [-0.3, -0.25) is 14.5 Å². The highest BCUT2D eigenvalue weighted by molar-refractivity contribution is 7.80. The molecule has 0 unspecified atom stereocenters. The van der Waals surface area contributed by atoms with Crippen LogP contribution in [0.15, 0.2) is 78.9 Å². The molecule has 3 aromatic rings. The van der Waals surface area contributed by atoms with E-state index >= 15 is 0 Å². The van der Waals surface area contributed by atoms with E-state index < -0.39 is 18.3 Å². The number of hydrogen-bond donors (Lipinski definition) is 1. The van der Waals surface area contributed by atoms with Gasteiger partial charge in [0.25, 0.3) is 5.91 Å². The molecule has 0 saturated carbocycles. The number of amides is 2. The monoisotopic (exact) mass is 547 g/mol. The summed E-state index contributed by atoms with van der Waals surface area (Å²) in [5, 5.41) is 3.50. The lowest BCUT2D eigenvalue weighted by Crippen LogP contribution is -2.37. The zero-order valence-corrected chi connectivity index (χ0v) is 20.8. The molecule has 0 radical (unpaired) electrons. The Bertz CT molecular complexity index is 1270. The number of carbonyl (C=O) groups is 2. The summed E-state index contributed by atoms with van der Waals surface area (Å²) in [4.78, 5) is 29.3. The van der Waals surface area contributed by atoms with Crippen LogP contribution in [0.5, 0.6) is 5.75 Å². The van der Waals surface area contributed by atoms with E-state index in [9.17, 15) is 22.8 Å². The largest absolute Gasteiger partial charge is 0.573 e. The second-order valence-electron chi connectivity index (χ2n) is 8.29. The minimum Gasteiger partial charge on any atom is -0.406 e. The number of carbonyl (C=O) groups excluding carboxylic acids is 2. The number of alkyl halides is 3. The van der Waals surface area contributed by atoms with E-state index in [1.54, 1.807) is 29.2 Å². The van der Waals surface area contributed by atoms with E-state index in [0.29, 0.717) is 16.3 Å². The third-order valence-corrected chi connectivity index (χ3v) is 6.31. The molecule has 37 heavy (non-hydrogen) atoms. The molecule has 192 valence electrons. The van der Waals surface area contributed by atoms with Crippen LogP contribution in [0, 0.1) is 0 Å². The number of halogens is 4. The average molecular weight is 548 g/mol. The van der Waals surface area contributed by atoms with Crippen molar-refractivity contribution in [2.24, 2.45) is 0 Å². The molecule has 0 aromatic heterocycles. The zero-order valence-electron chi connectivity index (χ0n) is 19.2. The van der Waals surface area contributed by atoms with Gasteiger partial charge < -0.3 is 15.0 Å². The normalized spacial score (nSPS) is 15.7. The summed E-state index contributed by atoms with van der Waals surface area (Å²) < 4.78 is 41.4. The third kappa shape index (κ3) is 6.99. The standard InChI is InChI=1S/C26H21ClF3N3O3S/c27-19-8-10-20(11-9-19)31-23(34)14-22-24(35)33(16-17-4-2-1-3-5-17)25(37)32(22)15-18-6-12-21(13-7-18)36-26(28,29)30/h1-13,22H,14-16H2,(H,31,34)/t22-/m0/s1. The van der Waals surface area contributed by atoms with Crippen LogP contribution in [0.4, 0.5) is 18.9 Å². The van der Waals surface area contributed by atoms with Gasteiger partial charge in [-0.25, -0.2) is 0 Å². The van der Waals surface area contributed by atoms with E-state index in [-0.39, 0.29) is 36.3 Å². The predicted octanol–water partition coefficient (Wildman–Crippen LogP) is 5.77. The summed E-state index contributed by atoms with van der Waals surface area (Å²) in [6, 6.07) is 20.2. The van der Waals surface area contributed by atoms with Gasteiger partial charge in [-0.15, -0.1) is 13.2 Å². The number of thiocarbonyl (C=S) groups is 1. The second kappa shape index (κ2) is 11.2. The van der Waals surface area contributed by atoms with E-state index in [1.807, 2.05) is 30.3 Å². The van der Waals surface area contributed by atoms with Crippen molar-refractivity contribution in [1.82, 2.24) is 9.80 Å². The highest BCUT2D eigenvalue weighted by Gasteiger charge is 2.43. The summed E-state index contributed by atoms with van der Waals surface area (Å²) in [6.07, 6.45) is -4.98. The van der Waals surface area contributed by atoms with Gasteiger partial charge in [0.05, 0.1) is 13.0 Å². The van der Waals surface area contributed by atoms with Gasteiger partial charge in [-0.2, -0.15) is 0 Å². The first-order chi connectivity index (χ1) is 17.6. The molecular formula is C26H21ClF3N3O3S. The minimum absolute atomic E-state index is 0.112. The van der Waals surface area contributed by atoms with Crippen LogP contribution in [-0.4, -0.2) is 39.1 Å². The van der Waals surface area contributed by atoms with Crippen molar-refractivity contribution >= 4 is 46.4 Å². The fraction of sp³-hybridized carbons (Fsp3) is 0.192. The molecule has 4 rings (SSSR count). The van der Waals surface area contributed by atoms with Gasteiger partial charge in [0.2, 0.25) is 5.91 Å². The maximum Gasteiger partial charge on any atom is 0.573 e. The zero-order chi connectivity index (χ0) is 26.6.